The van der Waals surface area contributed by atoms with Crippen LogP contribution in [-0.2, 0) is 11.2 Å². The van der Waals surface area contributed by atoms with Gasteiger partial charge in [-0.25, -0.2) is 0 Å². The van der Waals surface area contributed by atoms with E-state index in [0.717, 1.165) is 25.7 Å². The fourth-order valence-corrected chi connectivity index (χ4v) is 2.46. The lowest BCUT2D eigenvalue weighted by Gasteiger charge is -2.22. The van der Waals surface area contributed by atoms with Gasteiger partial charge in [0.2, 0.25) is 5.91 Å². The van der Waals surface area contributed by atoms with Crippen LogP contribution in [0.25, 0.3) is 0 Å². The molecule has 1 aliphatic carbocycles. The van der Waals surface area contributed by atoms with Gasteiger partial charge in [-0.3, -0.25) is 14.9 Å². The number of carbonyl (C=O) groups is 1. The van der Waals surface area contributed by atoms with E-state index < -0.39 is 10.5 Å². The number of benzene rings is 1. The second-order valence-electron chi connectivity index (χ2n) is 5.31. The first kappa shape index (κ1) is 14.5. The van der Waals surface area contributed by atoms with E-state index in [9.17, 15) is 20.0 Å². The highest BCUT2D eigenvalue weighted by Gasteiger charge is 2.31. The van der Waals surface area contributed by atoms with Crippen LogP contribution >= 0.6 is 0 Å². The van der Waals surface area contributed by atoms with Gasteiger partial charge in [0.05, 0.1) is 16.9 Å². The molecule has 1 aromatic rings. The first-order valence-electron chi connectivity index (χ1n) is 6.71. The molecular formula is C14H18N2O4. The molecule has 0 saturated heterocycles. The van der Waals surface area contributed by atoms with Gasteiger partial charge in [0.15, 0.2) is 0 Å². The molecule has 0 spiro atoms. The van der Waals surface area contributed by atoms with Crippen molar-refractivity contribution in [2.75, 3.05) is 6.54 Å². The minimum atomic E-state index is -0.759. The van der Waals surface area contributed by atoms with E-state index in [2.05, 4.69) is 5.32 Å². The third-order valence-corrected chi connectivity index (χ3v) is 3.66. The van der Waals surface area contributed by atoms with Crippen LogP contribution in [-0.4, -0.2) is 28.1 Å². The predicted octanol–water partition coefficient (Wildman–Crippen LogP) is 1.56. The van der Waals surface area contributed by atoms with Crippen molar-refractivity contribution >= 4 is 11.6 Å². The first-order chi connectivity index (χ1) is 9.48. The van der Waals surface area contributed by atoms with Crippen LogP contribution in [0.1, 0.15) is 31.2 Å². The van der Waals surface area contributed by atoms with Gasteiger partial charge in [0.1, 0.15) is 0 Å². The van der Waals surface area contributed by atoms with Gasteiger partial charge in [-0.2, -0.15) is 0 Å². The Hall–Kier alpha value is -1.95. The third-order valence-electron chi connectivity index (χ3n) is 3.66. The normalized spacial score (nSPS) is 16.9. The number of hydrogen-bond acceptors (Lipinski definition) is 4. The molecule has 0 aromatic heterocycles. The molecule has 0 bridgehead atoms. The molecule has 1 aromatic carbocycles. The molecule has 0 atom stereocenters. The summed E-state index contributed by atoms with van der Waals surface area (Å²) in [7, 11) is 0. The molecule has 1 fully saturated rings. The average molecular weight is 278 g/mol. The summed E-state index contributed by atoms with van der Waals surface area (Å²) in [6.07, 6.45) is 3.60. The molecule has 6 heteroatoms. The van der Waals surface area contributed by atoms with Crippen LogP contribution < -0.4 is 5.32 Å². The summed E-state index contributed by atoms with van der Waals surface area (Å²) < 4.78 is 0. The quantitative estimate of drug-likeness (QED) is 0.631. The van der Waals surface area contributed by atoms with Gasteiger partial charge in [0, 0.05) is 18.7 Å². The summed E-state index contributed by atoms with van der Waals surface area (Å²) in [5.41, 5.74) is -0.0357. The van der Waals surface area contributed by atoms with Crippen molar-refractivity contribution < 1.29 is 14.8 Å². The molecule has 0 radical (unpaired) electrons. The highest BCUT2D eigenvalue weighted by atomic mass is 16.6. The lowest BCUT2D eigenvalue weighted by Crippen LogP contribution is -2.41. The first-order valence-corrected chi connectivity index (χ1v) is 6.71. The number of nitrogens with one attached hydrogen (secondary N) is 1. The predicted molar refractivity (Wildman–Crippen MR) is 73.2 cm³/mol. The molecule has 2 N–H and O–H groups in total. The number of aliphatic hydroxyl groups is 1. The molecule has 0 unspecified atom stereocenters. The third kappa shape index (κ3) is 3.77. The lowest BCUT2D eigenvalue weighted by molar-refractivity contribution is -0.384. The number of hydrogen-bond donors (Lipinski definition) is 2. The van der Waals surface area contributed by atoms with Crippen LogP contribution in [0.4, 0.5) is 5.69 Å². The standard InChI is InChI=1S/C14H18N2O4/c17-13(15-10-14(18)7-1-2-8-14)9-11-3-5-12(6-4-11)16(19)20/h3-6,18H,1-2,7-10H2,(H,15,17). The topological polar surface area (TPSA) is 92.5 Å². The van der Waals surface area contributed by atoms with Crippen LogP contribution in [0.2, 0.25) is 0 Å². The summed E-state index contributed by atoms with van der Waals surface area (Å²) >= 11 is 0. The Labute approximate surface area is 117 Å². The second kappa shape index (κ2) is 6.00. The Kier molecular flexibility index (Phi) is 4.34. The Morgan fingerprint density at radius 3 is 2.45 bits per heavy atom. The molecule has 6 nitrogen and oxygen atoms in total. The Bertz CT molecular complexity index is 492. The SMILES string of the molecule is O=C(Cc1ccc([N+](=O)[O-])cc1)NCC1(O)CCCC1. The summed E-state index contributed by atoms with van der Waals surface area (Å²) in [6, 6.07) is 5.91. The molecule has 0 aliphatic heterocycles. The monoisotopic (exact) mass is 278 g/mol. The fraction of sp³-hybridized carbons (Fsp3) is 0.500. The van der Waals surface area contributed by atoms with Crippen molar-refractivity contribution in [3.05, 3.63) is 39.9 Å². The summed E-state index contributed by atoms with van der Waals surface area (Å²) in [5, 5.41) is 23.4. The van der Waals surface area contributed by atoms with Crippen LogP contribution in [0, 0.1) is 10.1 Å². The highest BCUT2D eigenvalue weighted by Crippen LogP contribution is 2.28. The van der Waals surface area contributed by atoms with Gasteiger partial charge in [-0.1, -0.05) is 25.0 Å². The van der Waals surface area contributed by atoms with Crippen molar-refractivity contribution in [1.29, 1.82) is 0 Å². The Balaban J connectivity index is 1.83. The van der Waals surface area contributed by atoms with Gasteiger partial charge in [-0.05, 0) is 18.4 Å². The van der Waals surface area contributed by atoms with Crippen molar-refractivity contribution in [1.82, 2.24) is 5.32 Å². The van der Waals surface area contributed by atoms with Gasteiger partial charge in [-0.15, -0.1) is 0 Å². The maximum Gasteiger partial charge on any atom is 0.269 e. The number of carbonyl (C=O) groups excluding carboxylic acids is 1. The smallest absolute Gasteiger partial charge is 0.269 e. The maximum absolute atomic E-state index is 11.8. The number of amides is 1. The van der Waals surface area contributed by atoms with E-state index in [0.29, 0.717) is 5.56 Å². The highest BCUT2D eigenvalue weighted by molar-refractivity contribution is 5.78. The van der Waals surface area contributed by atoms with E-state index in [1.165, 1.54) is 12.1 Å². The molecule has 108 valence electrons. The number of non-ortho nitro benzene ring substituents is 1. The molecule has 1 amide bonds. The van der Waals surface area contributed by atoms with Gasteiger partial charge >= 0.3 is 0 Å². The lowest BCUT2D eigenvalue weighted by atomic mass is 10.0. The maximum atomic E-state index is 11.8. The molecule has 1 saturated carbocycles. The largest absolute Gasteiger partial charge is 0.388 e. The number of rotatable bonds is 5. The second-order valence-corrected chi connectivity index (χ2v) is 5.31. The summed E-state index contributed by atoms with van der Waals surface area (Å²) in [4.78, 5) is 21.8. The molecule has 1 aliphatic rings. The molecular weight excluding hydrogens is 260 g/mol. The van der Waals surface area contributed by atoms with Gasteiger partial charge < -0.3 is 10.4 Å². The average Bonchev–Trinajstić information content (AvgIpc) is 2.85. The van der Waals surface area contributed by atoms with Crippen LogP contribution in [0.15, 0.2) is 24.3 Å². The van der Waals surface area contributed by atoms with Crippen molar-refractivity contribution in [2.24, 2.45) is 0 Å². The zero-order chi connectivity index (χ0) is 14.6. The van der Waals surface area contributed by atoms with Crippen LogP contribution in [0.3, 0.4) is 0 Å². The van der Waals surface area contributed by atoms with Crippen molar-refractivity contribution in [3.63, 3.8) is 0 Å². The zero-order valence-electron chi connectivity index (χ0n) is 11.2. The van der Waals surface area contributed by atoms with Crippen molar-refractivity contribution in [2.45, 2.75) is 37.7 Å². The minimum absolute atomic E-state index is 0.00873. The Morgan fingerprint density at radius 2 is 1.90 bits per heavy atom. The molecule has 0 heterocycles. The summed E-state index contributed by atoms with van der Waals surface area (Å²) in [6.45, 7) is 0.277. The van der Waals surface area contributed by atoms with E-state index in [-0.39, 0.29) is 24.6 Å². The van der Waals surface area contributed by atoms with Crippen LogP contribution in [0.5, 0.6) is 0 Å². The van der Waals surface area contributed by atoms with E-state index >= 15 is 0 Å². The van der Waals surface area contributed by atoms with E-state index in [1.54, 1.807) is 12.1 Å². The molecule has 20 heavy (non-hydrogen) atoms. The number of nitro benzene ring substituents is 1. The zero-order valence-corrected chi connectivity index (χ0v) is 11.2. The van der Waals surface area contributed by atoms with Crippen molar-refractivity contribution in [3.8, 4) is 0 Å². The fourth-order valence-electron chi connectivity index (χ4n) is 2.46. The van der Waals surface area contributed by atoms with E-state index in [1.807, 2.05) is 0 Å². The minimum Gasteiger partial charge on any atom is -0.388 e. The van der Waals surface area contributed by atoms with E-state index in [4.69, 9.17) is 0 Å². The van der Waals surface area contributed by atoms with Gasteiger partial charge in [0.25, 0.3) is 5.69 Å². The number of nitrogens with zero attached hydrogens (tertiary/aromatic N) is 1. The molecule has 2 rings (SSSR count). The number of nitro groups is 1. The Morgan fingerprint density at radius 1 is 1.30 bits per heavy atom. The summed E-state index contributed by atoms with van der Waals surface area (Å²) in [5.74, 6) is -0.181.